The van der Waals surface area contributed by atoms with Gasteiger partial charge in [-0.2, -0.15) is 9.78 Å². The van der Waals surface area contributed by atoms with E-state index in [1.807, 2.05) is 0 Å². The van der Waals surface area contributed by atoms with Crippen molar-refractivity contribution in [2.24, 2.45) is 5.10 Å². The van der Waals surface area contributed by atoms with Crippen molar-refractivity contribution in [1.29, 1.82) is 0 Å². The van der Waals surface area contributed by atoms with Gasteiger partial charge in [0.2, 0.25) is 0 Å². The molecule has 7 heteroatoms. The lowest BCUT2D eigenvalue weighted by Crippen LogP contribution is -2.18. The van der Waals surface area contributed by atoms with Crippen molar-refractivity contribution in [1.82, 2.24) is 9.66 Å². The minimum atomic E-state index is -0.138. The SMILES string of the molecule is O=c1c2c3c(sc2ncn1/N=C\c1ccc(O)c(Cl)c1)CCCC3. The highest BCUT2D eigenvalue weighted by Gasteiger charge is 2.19. The van der Waals surface area contributed by atoms with Crippen molar-refractivity contribution in [2.45, 2.75) is 25.7 Å². The lowest BCUT2D eigenvalue weighted by molar-refractivity contribution is 0.475. The minimum absolute atomic E-state index is 0.0129. The Hall–Kier alpha value is -2.18. The summed E-state index contributed by atoms with van der Waals surface area (Å²) >= 11 is 7.50. The molecule has 1 N–H and O–H groups in total. The third kappa shape index (κ3) is 2.61. The van der Waals surface area contributed by atoms with E-state index in [1.165, 1.54) is 34.6 Å². The first-order valence-corrected chi connectivity index (χ1v) is 8.88. The van der Waals surface area contributed by atoms with Crippen LogP contribution in [-0.2, 0) is 12.8 Å². The van der Waals surface area contributed by atoms with E-state index in [1.54, 1.807) is 23.5 Å². The molecule has 0 saturated heterocycles. The monoisotopic (exact) mass is 359 g/mol. The summed E-state index contributed by atoms with van der Waals surface area (Å²) in [5, 5.41) is 14.6. The number of thiophene rings is 1. The molecule has 0 fully saturated rings. The van der Waals surface area contributed by atoms with E-state index in [9.17, 15) is 9.90 Å². The topological polar surface area (TPSA) is 67.5 Å². The number of phenolic OH excluding ortho intramolecular Hbond substituents is 1. The number of aryl methyl sites for hydroxylation is 2. The van der Waals surface area contributed by atoms with Gasteiger partial charge in [-0.3, -0.25) is 4.79 Å². The molecule has 2 aromatic heterocycles. The zero-order valence-corrected chi connectivity index (χ0v) is 14.3. The van der Waals surface area contributed by atoms with Crippen molar-refractivity contribution >= 4 is 39.4 Å². The fraction of sp³-hybridized carbons (Fsp3) is 0.235. The summed E-state index contributed by atoms with van der Waals surface area (Å²) in [4.78, 5) is 19.2. The van der Waals surface area contributed by atoms with Gasteiger partial charge >= 0.3 is 0 Å². The molecule has 3 aromatic rings. The third-order valence-corrected chi connectivity index (χ3v) is 5.66. The summed E-state index contributed by atoms with van der Waals surface area (Å²) in [6, 6.07) is 4.75. The average molecular weight is 360 g/mol. The van der Waals surface area contributed by atoms with Crippen LogP contribution in [0.3, 0.4) is 0 Å². The molecule has 0 aliphatic heterocycles. The summed E-state index contributed by atoms with van der Waals surface area (Å²) in [5.74, 6) is 0.0129. The Morgan fingerprint density at radius 2 is 2.17 bits per heavy atom. The second-order valence-electron chi connectivity index (χ2n) is 5.74. The minimum Gasteiger partial charge on any atom is -0.506 e. The number of aromatic nitrogens is 2. The first kappa shape index (κ1) is 15.4. The maximum Gasteiger partial charge on any atom is 0.282 e. The first-order valence-electron chi connectivity index (χ1n) is 7.68. The second-order valence-corrected chi connectivity index (χ2v) is 7.23. The molecule has 0 atom stereocenters. The fourth-order valence-electron chi connectivity index (χ4n) is 2.95. The summed E-state index contributed by atoms with van der Waals surface area (Å²) in [5.41, 5.74) is 1.70. The van der Waals surface area contributed by atoms with Crippen molar-refractivity contribution in [3.8, 4) is 5.75 Å². The second kappa shape index (κ2) is 6.03. The van der Waals surface area contributed by atoms with Crippen LogP contribution in [-0.4, -0.2) is 21.0 Å². The maximum absolute atomic E-state index is 12.8. The summed E-state index contributed by atoms with van der Waals surface area (Å²) in [6.45, 7) is 0. The smallest absolute Gasteiger partial charge is 0.282 e. The Labute approximate surface area is 146 Å². The van der Waals surface area contributed by atoms with Crippen molar-refractivity contribution in [2.75, 3.05) is 0 Å². The molecule has 0 amide bonds. The molecule has 0 bridgehead atoms. The van der Waals surface area contributed by atoms with Crippen LogP contribution >= 0.6 is 22.9 Å². The van der Waals surface area contributed by atoms with Gasteiger partial charge in [-0.05, 0) is 55.0 Å². The highest BCUT2D eigenvalue weighted by atomic mass is 35.5. The average Bonchev–Trinajstić information content (AvgIpc) is 2.96. The number of rotatable bonds is 2. The molecule has 1 aromatic carbocycles. The molecule has 24 heavy (non-hydrogen) atoms. The molecule has 122 valence electrons. The number of hydrogen-bond acceptors (Lipinski definition) is 5. The van der Waals surface area contributed by atoms with Crippen LogP contribution in [0.25, 0.3) is 10.2 Å². The van der Waals surface area contributed by atoms with Crippen LogP contribution in [0.15, 0.2) is 34.4 Å². The normalized spacial score (nSPS) is 14.4. The van der Waals surface area contributed by atoms with Crippen LogP contribution in [0.2, 0.25) is 5.02 Å². The predicted molar refractivity (Wildman–Crippen MR) is 96.6 cm³/mol. The number of nitrogens with zero attached hydrogens (tertiary/aromatic N) is 3. The van der Waals surface area contributed by atoms with Gasteiger partial charge < -0.3 is 5.11 Å². The van der Waals surface area contributed by atoms with Crippen LogP contribution in [0.5, 0.6) is 5.75 Å². The van der Waals surface area contributed by atoms with Crippen molar-refractivity contribution < 1.29 is 5.11 Å². The summed E-state index contributed by atoms with van der Waals surface area (Å²) in [6.07, 6.45) is 7.24. The van der Waals surface area contributed by atoms with E-state index in [2.05, 4.69) is 10.1 Å². The molecule has 1 aliphatic rings. The Morgan fingerprint density at radius 3 is 3.00 bits per heavy atom. The van der Waals surface area contributed by atoms with Crippen LogP contribution in [0, 0.1) is 0 Å². The van der Waals surface area contributed by atoms with Gasteiger partial charge in [-0.25, -0.2) is 4.98 Å². The highest BCUT2D eigenvalue weighted by Crippen LogP contribution is 2.33. The van der Waals surface area contributed by atoms with Crippen molar-refractivity contribution in [3.05, 3.63) is 55.9 Å². The molecule has 1 aliphatic carbocycles. The van der Waals surface area contributed by atoms with E-state index in [4.69, 9.17) is 11.6 Å². The standard InChI is InChI=1S/C17H14ClN3O2S/c18-12-7-10(5-6-13(12)22)8-20-21-9-19-16-15(17(21)23)11-3-1-2-4-14(11)24-16/h5-9,22H,1-4H2/b20-8-. The van der Waals surface area contributed by atoms with E-state index in [-0.39, 0.29) is 16.3 Å². The Bertz CT molecular complexity index is 1020. The number of phenols is 1. The predicted octanol–water partition coefficient (Wildman–Crippen LogP) is 3.58. The molecule has 0 spiro atoms. The van der Waals surface area contributed by atoms with E-state index in [0.29, 0.717) is 10.9 Å². The fourth-order valence-corrected chi connectivity index (χ4v) is 4.36. The Balaban J connectivity index is 1.77. The van der Waals surface area contributed by atoms with E-state index in [0.717, 1.165) is 29.7 Å². The Kier molecular flexibility index (Phi) is 3.86. The lowest BCUT2D eigenvalue weighted by atomic mass is 9.97. The quantitative estimate of drug-likeness (QED) is 0.711. The molecular formula is C17H14ClN3O2S. The zero-order chi connectivity index (χ0) is 16.7. The molecule has 4 rings (SSSR count). The zero-order valence-electron chi connectivity index (χ0n) is 12.7. The summed E-state index contributed by atoms with van der Waals surface area (Å²) < 4.78 is 1.25. The Morgan fingerprint density at radius 1 is 1.33 bits per heavy atom. The van der Waals surface area contributed by atoms with Gasteiger partial charge in [0.1, 0.15) is 16.9 Å². The van der Waals surface area contributed by atoms with Gasteiger partial charge in [0, 0.05) is 4.88 Å². The van der Waals surface area contributed by atoms with Gasteiger partial charge in [0.05, 0.1) is 16.6 Å². The van der Waals surface area contributed by atoms with Crippen LogP contribution in [0.4, 0.5) is 0 Å². The van der Waals surface area contributed by atoms with Gasteiger partial charge in [0.25, 0.3) is 5.56 Å². The van der Waals surface area contributed by atoms with Gasteiger partial charge in [0.15, 0.2) is 0 Å². The highest BCUT2D eigenvalue weighted by molar-refractivity contribution is 7.18. The maximum atomic E-state index is 12.8. The van der Waals surface area contributed by atoms with Crippen LogP contribution in [0.1, 0.15) is 28.8 Å². The molecule has 5 nitrogen and oxygen atoms in total. The van der Waals surface area contributed by atoms with E-state index >= 15 is 0 Å². The van der Waals surface area contributed by atoms with Crippen molar-refractivity contribution in [3.63, 3.8) is 0 Å². The number of aromatic hydroxyl groups is 1. The molecule has 2 heterocycles. The van der Waals surface area contributed by atoms with Gasteiger partial charge in [-0.1, -0.05) is 11.6 Å². The first-order chi connectivity index (χ1) is 11.6. The van der Waals surface area contributed by atoms with E-state index < -0.39 is 0 Å². The number of hydrogen-bond donors (Lipinski definition) is 1. The lowest BCUT2D eigenvalue weighted by Gasteiger charge is -2.09. The number of halogens is 1. The number of benzene rings is 1. The van der Waals surface area contributed by atoms with Crippen LogP contribution < -0.4 is 5.56 Å². The molecule has 0 radical (unpaired) electrons. The largest absolute Gasteiger partial charge is 0.506 e. The summed E-state index contributed by atoms with van der Waals surface area (Å²) in [7, 11) is 0. The molecule has 0 saturated carbocycles. The molecular weight excluding hydrogens is 346 g/mol. The third-order valence-electron chi connectivity index (χ3n) is 4.16. The molecule has 0 unspecified atom stereocenters. The van der Waals surface area contributed by atoms with Gasteiger partial charge in [-0.15, -0.1) is 11.3 Å². The number of fused-ring (bicyclic) bond motifs is 3.